The average molecular weight is 327 g/mol. The van der Waals surface area contributed by atoms with Gasteiger partial charge in [0.05, 0.1) is 17.4 Å². The fourth-order valence-corrected chi connectivity index (χ4v) is 2.47. The van der Waals surface area contributed by atoms with E-state index >= 15 is 0 Å². The number of anilines is 1. The zero-order chi connectivity index (χ0) is 16.2. The molecule has 2 fully saturated rings. The first-order chi connectivity index (χ1) is 10.8. The Morgan fingerprint density at radius 2 is 1.73 bits per heavy atom. The molecule has 1 aromatic rings. The molecule has 2 N–H and O–H groups in total. The summed E-state index contributed by atoms with van der Waals surface area (Å²) in [6, 6.07) is 0. The summed E-state index contributed by atoms with van der Waals surface area (Å²) in [5.74, 6) is 1.88. The SMILES string of the molecule is CC.Clc1cnc(N2CCCCC2)nc1.NCCCC1CC1. The van der Waals surface area contributed by atoms with E-state index in [1.54, 1.807) is 12.4 Å². The second-order valence-electron chi connectivity index (χ2n) is 5.62. The predicted octanol–water partition coefficient (Wildman–Crippen LogP) is 4.28. The van der Waals surface area contributed by atoms with Crippen LogP contribution in [0.15, 0.2) is 12.4 Å². The predicted molar refractivity (Wildman–Crippen MR) is 95.5 cm³/mol. The summed E-state index contributed by atoms with van der Waals surface area (Å²) in [7, 11) is 0. The summed E-state index contributed by atoms with van der Waals surface area (Å²) in [4.78, 5) is 10.6. The van der Waals surface area contributed by atoms with Crippen LogP contribution in [0.5, 0.6) is 0 Å². The third-order valence-corrected chi connectivity index (χ3v) is 3.95. The lowest BCUT2D eigenvalue weighted by molar-refractivity contribution is 0.568. The van der Waals surface area contributed by atoms with E-state index in [4.69, 9.17) is 17.3 Å². The van der Waals surface area contributed by atoms with Crippen LogP contribution in [-0.4, -0.2) is 29.6 Å². The van der Waals surface area contributed by atoms with Gasteiger partial charge in [-0.1, -0.05) is 38.3 Å². The smallest absolute Gasteiger partial charge is 0.225 e. The normalized spacial score (nSPS) is 17.0. The monoisotopic (exact) mass is 326 g/mol. The number of nitrogens with two attached hydrogens (primary N) is 1. The minimum absolute atomic E-state index is 0.598. The zero-order valence-electron chi connectivity index (χ0n) is 14.1. The molecular weight excluding hydrogens is 296 g/mol. The Morgan fingerprint density at radius 1 is 1.14 bits per heavy atom. The molecule has 2 aliphatic rings. The highest BCUT2D eigenvalue weighted by Gasteiger charge is 2.19. The average Bonchev–Trinajstić information content (AvgIpc) is 3.41. The molecule has 126 valence electrons. The highest BCUT2D eigenvalue weighted by molar-refractivity contribution is 6.30. The van der Waals surface area contributed by atoms with Crippen molar-refractivity contribution in [3.05, 3.63) is 17.4 Å². The van der Waals surface area contributed by atoms with Crippen LogP contribution in [0.4, 0.5) is 5.95 Å². The largest absolute Gasteiger partial charge is 0.341 e. The number of aromatic nitrogens is 2. The molecule has 0 amide bonds. The number of halogens is 1. The van der Waals surface area contributed by atoms with Crippen LogP contribution in [0.25, 0.3) is 0 Å². The topological polar surface area (TPSA) is 55.0 Å². The Morgan fingerprint density at radius 3 is 2.23 bits per heavy atom. The summed E-state index contributed by atoms with van der Waals surface area (Å²) < 4.78 is 0. The maximum Gasteiger partial charge on any atom is 0.225 e. The second kappa shape index (κ2) is 11.7. The Bertz CT molecular complexity index is 373. The maximum absolute atomic E-state index is 5.71. The van der Waals surface area contributed by atoms with Crippen LogP contribution in [-0.2, 0) is 0 Å². The fourth-order valence-electron chi connectivity index (χ4n) is 2.38. The van der Waals surface area contributed by atoms with Gasteiger partial charge in [0.15, 0.2) is 0 Å². The molecule has 0 radical (unpaired) electrons. The third-order valence-electron chi connectivity index (χ3n) is 3.76. The lowest BCUT2D eigenvalue weighted by Crippen LogP contribution is -2.30. The van der Waals surface area contributed by atoms with Gasteiger partial charge in [0.1, 0.15) is 0 Å². The van der Waals surface area contributed by atoms with Crippen LogP contribution in [0.1, 0.15) is 58.8 Å². The maximum atomic E-state index is 5.71. The quantitative estimate of drug-likeness (QED) is 0.897. The molecule has 1 aliphatic heterocycles. The summed E-state index contributed by atoms with van der Waals surface area (Å²) in [5, 5.41) is 0.598. The summed E-state index contributed by atoms with van der Waals surface area (Å²) in [6.07, 6.45) is 12.7. The number of hydrogen-bond donors (Lipinski definition) is 1. The Labute approximate surface area is 140 Å². The first kappa shape index (κ1) is 19.2. The van der Waals surface area contributed by atoms with E-state index in [0.29, 0.717) is 5.02 Å². The molecule has 3 rings (SSSR count). The molecule has 2 heterocycles. The van der Waals surface area contributed by atoms with Crippen LogP contribution >= 0.6 is 11.6 Å². The van der Waals surface area contributed by atoms with E-state index in [1.807, 2.05) is 13.8 Å². The van der Waals surface area contributed by atoms with E-state index < -0.39 is 0 Å². The summed E-state index contributed by atoms with van der Waals surface area (Å²) in [6.45, 7) is 7.03. The number of rotatable bonds is 4. The highest BCUT2D eigenvalue weighted by atomic mass is 35.5. The van der Waals surface area contributed by atoms with Crippen LogP contribution in [0.3, 0.4) is 0 Å². The van der Waals surface area contributed by atoms with Gasteiger partial charge in [-0.05, 0) is 44.6 Å². The summed E-state index contributed by atoms with van der Waals surface area (Å²) >= 11 is 5.71. The molecule has 5 heteroatoms. The van der Waals surface area contributed by atoms with Gasteiger partial charge in [0, 0.05) is 13.1 Å². The van der Waals surface area contributed by atoms with Gasteiger partial charge in [-0.25, -0.2) is 9.97 Å². The van der Waals surface area contributed by atoms with Gasteiger partial charge < -0.3 is 10.6 Å². The zero-order valence-corrected chi connectivity index (χ0v) is 14.9. The second-order valence-corrected chi connectivity index (χ2v) is 6.06. The highest BCUT2D eigenvalue weighted by Crippen LogP contribution is 2.32. The van der Waals surface area contributed by atoms with Crippen molar-refractivity contribution in [2.24, 2.45) is 11.7 Å². The lowest BCUT2D eigenvalue weighted by Gasteiger charge is -2.26. The van der Waals surface area contributed by atoms with E-state index in [0.717, 1.165) is 31.5 Å². The lowest BCUT2D eigenvalue weighted by atomic mass is 10.1. The molecule has 0 aromatic carbocycles. The molecule has 1 aliphatic carbocycles. The van der Waals surface area contributed by atoms with Crippen molar-refractivity contribution in [3.8, 4) is 0 Å². The molecule has 1 saturated carbocycles. The van der Waals surface area contributed by atoms with Crippen molar-refractivity contribution in [1.29, 1.82) is 0 Å². The van der Waals surface area contributed by atoms with Crippen LogP contribution in [0, 0.1) is 5.92 Å². The Kier molecular flexibility index (Phi) is 10.2. The molecule has 0 atom stereocenters. The molecule has 1 aromatic heterocycles. The van der Waals surface area contributed by atoms with E-state index in [-0.39, 0.29) is 0 Å². The van der Waals surface area contributed by atoms with Crippen molar-refractivity contribution >= 4 is 17.5 Å². The molecule has 0 spiro atoms. The van der Waals surface area contributed by atoms with Gasteiger partial charge in [-0.15, -0.1) is 0 Å². The first-order valence-corrected chi connectivity index (χ1v) is 9.10. The van der Waals surface area contributed by atoms with E-state index in [2.05, 4.69) is 14.9 Å². The third kappa shape index (κ3) is 7.95. The number of nitrogens with zero attached hydrogens (tertiary/aromatic N) is 3. The van der Waals surface area contributed by atoms with Crippen molar-refractivity contribution in [3.63, 3.8) is 0 Å². The van der Waals surface area contributed by atoms with Crippen molar-refractivity contribution in [2.75, 3.05) is 24.5 Å². The van der Waals surface area contributed by atoms with E-state index in [9.17, 15) is 0 Å². The van der Waals surface area contributed by atoms with E-state index in [1.165, 1.54) is 44.9 Å². The van der Waals surface area contributed by atoms with Crippen molar-refractivity contribution in [1.82, 2.24) is 9.97 Å². The fraction of sp³-hybridized carbons (Fsp3) is 0.765. The summed E-state index contributed by atoms with van der Waals surface area (Å²) in [5.41, 5.74) is 5.30. The Balaban J connectivity index is 0.000000228. The van der Waals surface area contributed by atoms with Crippen LogP contribution in [0.2, 0.25) is 5.02 Å². The van der Waals surface area contributed by atoms with Crippen molar-refractivity contribution in [2.45, 2.75) is 58.8 Å². The standard InChI is InChI=1S/C9H12ClN3.C6H13N.C2H6/c10-8-6-11-9(12-7-8)13-4-2-1-3-5-13;7-5-1-2-6-3-4-6;1-2/h6-7H,1-5H2;6H,1-5,7H2;1-2H3. The molecule has 0 bridgehead atoms. The van der Waals surface area contributed by atoms with Gasteiger partial charge in [-0.2, -0.15) is 0 Å². The van der Waals surface area contributed by atoms with Gasteiger partial charge in [0.2, 0.25) is 5.95 Å². The number of hydrogen-bond acceptors (Lipinski definition) is 4. The van der Waals surface area contributed by atoms with Gasteiger partial charge in [0.25, 0.3) is 0 Å². The molecule has 22 heavy (non-hydrogen) atoms. The first-order valence-electron chi connectivity index (χ1n) is 8.72. The minimum atomic E-state index is 0.598. The minimum Gasteiger partial charge on any atom is -0.341 e. The van der Waals surface area contributed by atoms with Gasteiger partial charge in [-0.3, -0.25) is 0 Å². The molecule has 0 unspecified atom stereocenters. The number of piperidine rings is 1. The Hall–Kier alpha value is -0.870. The molecule has 1 saturated heterocycles. The van der Waals surface area contributed by atoms with Crippen LogP contribution < -0.4 is 10.6 Å². The molecule has 4 nitrogen and oxygen atoms in total. The molecular formula is C17H31ClN4. The van der Waals surface area contributed by atoms with Gasteiger partial charge >= 0.3 is 0 Å². The van der Waals surface area contributed by atoms with Crippen molar-refractivity contribution < 1.29 is 0 Å².